The van der Waals surface area contributed by atoms with Gasteiger partial charge in [0, 0.05) is 11.3 Å². The van der Waals surface area contributed by atoms with E-state index in [0.717, 1.165) is 0 Å². The Kier molecular flexibility index (Phi) is 4.64. The van der Waals surface area contributed by atoms with Crippen LogP contribution < -0.4 is 0 Å². The summed E-state index contributed by atoms with van der Waals surface area (Å²) in [7, 11) is -4.57. The number of rotatable bonds is 5. The molecule has 0 aliphatic carbocycles. The fraction of sp³-hybridized carbons (Fsp3) is 0.556. The van der Waals surface area contributed by atoms with Gasteiger partial charge in [0.05, 0.1) is 6.61 Å². The van der Waals surface area contributed by atoms with Crippen LogP contribution in [0.3, 0.4) is 0 Å². The summed E-state index contributed by atoms with van der Waals surface area (Å²) >= 11 is 0. The van der Waals surface area contributed by atoms with Crippen molar-refractivity contribution in [2.75, 3.05) is 6.61 Å². The topological polar surface area (TPSA) is 111 Å². The highest BCUT2D eigenvalue weighted by Gasteiger charge is 2.20. The van der Waals surface area contributed by atoms with Crippen LogP contribution in [0.4, 0.5) is 0 Å². The highest BCUT2D eigenvalue weighted by atomic mass is 31.2. The molecule has 0 aliphatic heterocycles. The van der Waals surface area contributed by atoms with Crippen LogP contribution in [0.25, 0.3) is 0 Å². The van der Waals surface area contributed by atoms with E-state index >= 15 is 0 Å². The minimum atomic E-state index is -4.57. The van der Waals surface area contributed by atoms with Crippen LogP contribution in [0.15, 0.2) is 0 Å². The van der Waals surface area contributed by atoms with E-state index in [4.69, 9.17) is 14.5 Å². The summed E-state index contributed by atoms with van der Waals surface area (Å²) in [6, 6.07) is 0. The average molecular weight is 278 g/mol. The molecule has 0 amide bonds. The molecule has 0 saturated carbocycles. The maximum atomic E-state index is 11.5. The SMILES string of the molecule is CCOC(=O)c1nn(COP(=O)(O)O)c(C)c1C. The zero-order valence-corrected chi connectivity index (χ0v) is 11.2. The molecule has 0 fully saturated rings. The van der Waals surface area contributed by atoms with Crippen LogP contribution >= 0.6 is 7.82 Å². The molecular weight excluding hydrogens is 263 g/mol. The van der Waals surface area contributed by atoms with Gasteiger partial charge in [0.25, 0.3) is 0 Å². The number of nitrogens with zero attached hydrogens (tertiary/aromatic N) is 2. The van der Waals surface area contributed by atoms with Gasteiger partial charge in [0.15, 0.2) is 12.4 Å². The van der Waals surface area contributed by atoms with Crippen molar-refractivity contribution >= 4 is 13.8 Å². The molecule has 2 N–H and O–H groups in total. The molecule has 18 heavy (non-hydrogen) atoms. The first-order valence-corrected chi connectivity index (χ1v) is 6.70. The Bertz CT molecular complexity index is 491. The Balaban J connectivity index is 2.92. The third-order valence-electron chi connectivity index (χ3n) is 2.32. The van der Waals surface area contributed by atoms with Crippen LogP contribution in [0, 0.1) is 13.8 Å². The summed E-state index contributed by atoms with van der Waals surface area (Å²) in [4.78, 5) is 28.7. The number of ether oxygens (including phenoxy) is 1. The smallest absolute Gasteiger partial charge is 0.461 e. The average Bonchev–Trinajstić information content (AvgIpc) is 2.53. The van der Waals surface area contributed by atoms with Gasteiger partial charge in [-0.05, 0) is 20.8 Å². The van der Waals surface area contributed by atoms with Crippen molar-refractivity contribution in [2.45, 2.75) is 27.5 Å². The second kappa shape index (κ2) is 5.62. The lowest BCUT2D eigenvalue weighted by atomic mass is 10.2. The fourth-order valence-corrected chi connectivity index (χ4v) is 1.54. The Hall–Kier alpha value is -1.21. The number of carbonyl (C=O) groups is 1. The summed E-state index contributed by atoms with van der Waals surface area (Å²) in [5, 5.41) is 3.90. The Morgan fingerprint density at radius 2 is 2.06 bits per heavy atom. The minimum Gasteiger partial charge on any atom is -0.461 e. The molecule has 0 atom stereocenters. The van der Waals surface area contributed by atoms with E-state index < -0.39 is 20.5 Å². The normalized spacial score (nSPS) is 11.6. The van der Waals surface area contributed by atoms with Crippen molar-refractivity contribution < 1.29 is 28.4 Å². The molecule has 9 heteroatoms. The second-order valence-corrected chi connectivity index (χ2v) is 4.77. The van der Waals surface area contributed by atoms with Crippen molar-refractivity contribution in [3.05, 3.63) is 17.0 Å². The minimum absolute atomic E-state index is 0.115. The fourth-order valence-electron chi connectivity index (χ4n) is 1.28. The van der Waals surface area contributed by atoms with E-state index in [2.05, 4.69) is 9.62 Å². The zero-order valence-electron chi connectivity index (χ0n) is 10.3. The van der Waals surface area contributed by atoms with Crippen molar-refractivity contribution in [1.29, 1.82) is 0 Å². The molecule has 102 valence electrons. The third-order valence-corrected chi connectivity index (χ3v) is 2.77. The van der Waals surface area contributed by atoms with E-state index in [1.54, 1.807) is 20.8 Å². The van der Waals surface area contributed by atoms with E-state index in [9.17, 15) is 9.36 Å². The number of carbonyl (C=O) groups excluding carboxylic acids is 1. The number of phosphoric acid groups is 1. The van der Waals surface area contributed by atoms with Crippen LogP contribution in [-0.4, -0.2) is 32.1 Å². The second-order valence-electron chi connectivity index (χ2n) is 3.53. The standard InChI is InChI=1S/C9H15N2O6P/c1-4-16-9(12)8-6(2)7(3)11(10-8)5-17-18(13,14)15/h4-5H2,1-3H3,(H2,13,14,15). The predicted octanol–water partition coefficient (Wildman–Crippen LogP) is 0.743. The van der Waals surface area contributed by atoms with Gasteiger partial charge in [0.2, 0.25) is 0 Å². The highest BCUT2D eigenvalue weighted by molar-refractivity contribution is 7.46. The van der Waals surface area contributed by atoms with Crippen LogP contribution in [-0.2, 0) is 20.6 Å². The van der Waals surface area contributed by atoms with Gasteiger partial charge in [-0.25, -0.2) is 14.0 Å². The lowest BCUT2D eigenvalue weighted by Crippen LogP contribution is -2.09. The molecular formula is C9H15N2O6P. The highest BCUT2D eigenvalue weighted by Crippen LogP contribution is 2.36. The van der Waals surface area contributed by atoms with Gasteiger partial charge in [-0.3, -0.25) is 4.52 Å². The number of hydrogen-bond donors (Lipinski definition) is 2. The summed E-state index contributed by atoms with van der Waals surface area (Å²) in [5.74, 6) is -0.576. The van der Waals surface area contributed by atoms with Crippen molar-refractivity contribution in [3.8, 4) is 0 Å². The maximum absolute atomic E-state index is 11.5. The first kappa shape index (κ1) is 14.8. The Labute approximate surface area is 104 Å². The maximum Gasteiger partial charge on any atom is 0.471 e. The van der Waals surface area contributed by atoms with Gasteiger partial charge in [0.1, 0.15) is 0 Å². The van der Waals surface area contributed by atoms with Crippen LogP contribution in [0.1, 0.15) is 28.7 Å². The van der Waals surface area contributed by atoms with E-state index in [1.165, 1.54) is 4.68 Å². The van der Waals surface area contributed by atoms with Crippen molar-refractivity contribution in [1.82, 2.24) is 9.78 Å². The molecule has 0 radical (unpaired) electrons. The van der Waals surface area contributed by atoms with Gasteiger partial charge >= 0.3 is 13.8 Å². The molecule has 0 unspecified atom stereocenters. The molecule has 1 heterocycles. The number of hydrogen-bond acceptors (Lipinski definition) is 5. The lowest BCUT2D eigenvalue weighted by Gasteiger charge is -2.06. The summed E-state index contributed by atoms with van der Waals surface area (Å²) < 4.78 is 20.9. The van der Waals surface area contributed by atoms with Crippen molar-refractivity contribution in [2.24, 2.45) is 0 Å². The van der Waals surface area contributed by atoms with Crippen LogP contribution in [0.2, 0.25) is 0 Å². The zero-order chi connectivity index (χ0) is 13.9. The first-order chi connectivity index (χ1) is 8.26. The van der Waals surface area contributed by atoms with Gasteiger partial charge in [-0.2, -0.15) is 5.10 Å². The lowest BCUT2D eigenvalue weighted by molar-refractivity contribution is 0.0516. The molecule has 1 aromatic heterocycles. The van der Waals surface area contributed by atoms with E-state index in [1.807, 2.05) is 0 Å². The van der Waals surface area contributed by atoms with E-state index in [0.29, 0.717) is 11.3 Å². The molecule has 0 spiro atoms. The molecule has 0 aliphatic rings. The van der Waals surface area contributed by atoms with Gasteiger partial charge < -0.3 is 14.5 Å². The Morgan fingerprint density at radius 1 is 1.44 bits per heavy atom. The molecule has 8 nitrogen and oxygen atoms in total. The molecule has 1 rings (SSSR count). The largest absolute Gasteiger partial charge is 0.471 e. The molecule has 0 saturated heterocycles. The monoisotopic (exact) mass is 278 g/mol. The molecule has 0 aromatic carbocycles. The summed E-state index contributed by atoms with van der Waals surface area (Å²) in [6.45, 7) is 4.80. The van der Waals surface area contributed by atoms with E-state index in [-0.39, 0.29) is 12.3 Å². The van der Waals surface area contributed by atoms with Crippen molar-refractivity contribution in [3.63, 3.8) is 0 Å². The summed E-state index contributed by atoms with van der Waals surface area (Å²) in [6.07, 6.45) is 0. The third kappa shape index (κ3) is 3.64. The number of esters is 1. The number of aromatic nitrogens is 2. The molecule has 0 bridgehead atoms. The van der Waals surface area contributed by atoms with Gasteiger partial charge in [-0.15, -0.1) is 0 Å². The first-order valence-electron chi connectivity index (χ1n) is 5.17. The van der Waals surface area contributed by atoms with Gasteiger partial charge in [-0.1, -0.05) is 0 Å². The predicted molar refractivity (Wildman–Crippen MR) is 60.8 cm³/mol. The summed E-state index contributed by atoms with van der Waals surface area (Å²) in [5.41, 5.74) is 1.28. The van der Waals surface area contributed by atoms with Crippen LogP contribution in [0.5, 0.6) is 0 Å². The quantitative estimate of drug-likeness (QED) is 0.603. The molecule has 1 aromatic rings. The number of phosphoric ester groups is 1. The Morgan fingerprint density at radius 3 is 2.56 bits per heavy atom.